The van der Waals surface area contributed by atoms with E-state index < -0.39 is 97.5 Å². The summed E-state index contributed by atoms with van der Waals surface area (Å²) in [5.74, 6) is 1.04. The zero-order valence-electron chi connectivity index (χ0n) is 65.8. The largest absolute Gasteiger partial charge is 0.472 e. The van der Waals surface area contributed by atoms with E-state index in [0.717, 1.165) is 114 Å². The quantitative estimate of drug-likeness (QED) is 0.0222. The van der Waals surface area contributed by atoms with E-state index in [1.165, 1.54) is 218 Å². The highest BCUT2D eigenvalue weighted by Gasteiger charge is 2.30. The molecule has 0 saturated carbocycles. The summed E-state index contributed by atoms with van der Waals surface area (Å²) in [4.78, 5) is 73.0. The Morgan fingerprint density at radius 2 is 0.480 bits per heavy atom. The number of phosphoric ester groups is 2. The van der Waals surface area contributed by atoms with Gasteiger partial charge < -0.3 is 33.8 Å². The molecular formula is C81H158O17P2. The smallest absolute Gasteiger partial charge is 0.462 e. The molecule has 7 atom stereocenters. The first kappa shape index (κ1) is 98.1. The second-order valence-corrected chi connectivity index (χ2v) is 33.5. The Morgan fingerprint density at radius 3 is 0.710 bits per heavy atom. The topological polar surface area (TPSA) is 237 Å². The predicted molar refractivity (Wildman–Crippen MR) is 409 cm³/mol. The fourth-order valence-electron chi connectivity index (χ4n) is 12.4. The van der Waals surface area contributed by atoms with Crippen molar-refractivity contribution in [3.63, 3.8) is 0 Å². The number of carbonyl (C=O) groups is 4. The van der Waals surface area contributed by atoms with Crippen LogP contribution in [0.5, 0.6) is 0 Å². The number of carbonyl (C=O) groups excluding carboxylic acids is 4. The van der Waals surface area contributed by atoms with Crippen LogP contribution in [0.25, 0.3) is 0 Å². The van der Waals surface area contributed by atoms with Crippen LogP contribution in [0.1, 0.15) is 415 Å². The van der Waals surface area contributed by atoms with Gasteiger partial charge in [-0.15, -0.1) is 0 Å². The summed E-state index contributed by atoms with van der Waals surface area (Å²) >= 11 is 0. The summed E-state index contributed by atoms with van der Waals surface area (Å²) in [6, 6.07) is 0. The molecule has 0 rings (SSSR count). The van der Waals surface area contributed by atoms with Crippen LogP contribution in [0, 0.1) is 23.7 Å². The van der Waals surface area contributed by atoms with Gasteiger partial charge in [0.1, 0.15) is 19.3 Å². The SMILES string of the molecule is CCC(C)CCCCCCCCCCCCCCCCCCCCC(=O)OC[C@H](COP(=O)(O)OCC(O)COP(=O)(O)OC[C@@H](COC(=O)CCCCCCCCCCC(C)C)OC(=O)CCCCCCCCCCCCC(C)C)OC(=O)CCCCCCCCCCCCC(C)CC. The molecule has 0 saturated heterocycles. The van der Waals surface area contributed by atoms with Gasteiger partial charge in [0.25, 0.3) is 0 Å². The Kier molecular flexibility index (Phi) is 68.7. The summed E-state index contributed by atoms with van der Waals surface area (Å²) in [7, 11) is -9.92. The minimum atomic E-state index is -4.96. The third-order valence-electron chi connectivity index (χ3n) is 19.5. The molecule has 0 heterocycles. The molecule has 0 aromatic heterocycles. The van der Waals surface area contributed by atoms with E-state index in [0.29, 0.717) is 25.7 Å². The van der Waals surface area contributed by atoms with Crippen LogP contribution >= 0.6 is 15.6 Å². The van der Waals surface area contributed by atoms with Crippen molar-refractivity contribution in [1.82, 2.24) is 0 Å². The van der Waals surface area contributed by atoms with Crippen LogP contribution in [0.2, 0.25) is 0 Å². The van der Waals surface area contributed by atoms with E-state index >= 15 is 0 Å². The normalized spacial score (nSPS) is 14.6. The molecule has 0 amide bonds. The lowest BCUT2D eigenvalue weighted by Gasteiger charge is -2.21. The molecule has 5 unspecified atom stereocenters. The minimum absolute atomic E-state index is 0.105. The minimum Gasteiger partial charge on any atom is -0.462 e. The highest BCUT2D eigenvalue weighted by atomic mass is 31.2. The number of ether oxygens (including phenoxy) is 4. The third-order valence-corrected chi connectivity index (χ3v) is 21.4. The highest BCUT2D eigenvalue weighted by molar-refractivity contribution is 7.47. The summed E-state index contributed by atoms with van der Waals surface area (Å²) in [5, 5.41) is 10.6. The van der Waals surface area contributed by atoms with Crippen LogP contribution < -0.4 is 0 Å². The number of aliphatic hydroxyl groups is 1. The van der Waals surface area contributed by atoms with Gasteiger partial charge in [0.15, 0.2) is 12.2 Å². The average Bonchev–Trinajstić information content (AvgIpc) is 1.01. The first-order valence-corrected chi connectivity index (χ1v) is 44.8. The molecule has 0 bridgehead atoms. The number of hydrogen-bond donors (Lipinski definition) is 3. The number of aliphatic hydroxyl groups excluding tert-OH is 1. The maximum absolute atomic E-state index is 13.1. The van der Waals surface area contributed by atoms with Crippen molar-refractivity contribution >= 4 is 39.5 Å². The second kappa shape index (κ2) is 70.1. The Bertz CT molecular complexity index is 1960. The molecule has 0 aromatic carbocycles. The van der Waals surface area contributed by atoms with Gasteiger partial charge in [-0.1, -0.05) is 364 Å². The van der Waals surface area contributed by atoms with Crippen LogP contribution in [-0.2, 0) is 65.4 Å². The van der Waals surface area contributed by atoms with Crippen molar-refractivity contribution in [3.05, 3.63) is 0 Å². The van der Waals surface area contributed by atoms with Crippen molar-refractivity contribution in [2.75, 3.05) is 39.6 Å². The summed E-state index contributed by atoms with van der Waals surface area (Å²) < 4.78 is 68.7. The number of unbranched alkanes of at least 4 members (excludes halogenated alkanes) is 42. The molecule has 594 valence electrons. The van der Waals surface area contributed by atoms with Crippen molar-refractivity contribution in [2.45, 2.75) is 433 Å². The molecule has 0 aliphatic heterocycles. The monoisotopic (exact) mass is 1470 g/mol. The molecule has 17 nitrogen and oxygen atoms in total. The molecule has 0 spiro atoms. The zero-order valence-corrected chi connectivity index (χ0v) is 67.6. The van der Waals surface area contributed by atoms with Gasteiger partial charge in [0.05, 0.1) is 26.4 Å². The van der Waals surface area contributed by atoms with Gasteiger partial charge in [0.2, 0.25) is 0 Å². The molecular weight excluding hydrogens is 1310 g/mol. The van der Waals surface area contributed by atoms with E-state index in [1.807, 2.05) is 0 Å². The van der Waals surface area contributed by atoms with Crippen LogP contribution in [-0.4, -0.2) is 96.7 Å². The van der Waals surface area contributed by atoms with Crippen LogP contribution in [0.4, 0.5) is 0 Å². The number of rotatable bonds is 78. The fourth-order valence-corrected chi connectivity index (χ4v) is 13.9. The Morgan fingerprint density at radius 1 is 0.280 bits per heavy atom. The van der Waals surface area contributed by atoms with Crippen molar-refractivity contribution in [2.24, 2.45) is 23.7 Å². The van der Waals surface area contributed by atoms with Crippen LogP contribution in [0.15, 0.2) is 0 Å². The third kappa shape index (κ3) is 71.7. The van der Waals surface area contributed by atoms with E-state index in [1.54, 1.807) is 0 Å². The molecule has 0 fully saturated rings. The number of hydrogen-bond acceptors (Lipinski definition) is 15. The standard InChI is InChI=1S/C81H158O17P2/c1-9-73(7)59-51-43-35-26-19-17-15-13-11-12-14-16-18-20-28-37-45-53-61-78(83)91-67-76(97-81(86)64-56-48-40-30-24-22-27-36-44-52-60-74(8)10-2)69-95-99(87,88)93-65-75(82)66-94-100(89,90)96-70-77(68-92-79(84)62-54-46-38-32-31-34-42-50-58-72(5)6)98-80(85)63-55-47-39-29-23-21-25-33-41-49-57-71(3)4/h71-77,82H,9-70H2,1-8H3,(H,87,88)(H,89,90)/t73?,74?,75?,76-,77-/m1/s1. The average molecular weight is 1470 g/mol. The predicted octanol–water partition coefficient (Wildman–Crippen LogP) is 24.0. The maximum atomic E-state index is 13.1. The highest BCUT2D eigenvalue weighted by Crippen LogP contribution is 2.45. The number of esters is 4. The summed E-state index contributed by atoms with van der Waals surface area (Å²) in [6.07, 6.45) is 56.9. The summed E-state index contributed by atoms with van der Waals surface area (Å²) in [6.45, 7) is 14.3. The Labute approximate surface area is 613 Å². The molecule has 3 N–H and O–H groups in total. The lowest BCUT2D eigenvalue weighted by Crippen LogP contribution is -2.30. The van der Waals surface area contributed by atoms with Gasteiger partial charge in [0, 0.05) is 25.7 Å². The van der Waals surface area contributed by atoms with E-state index in [2.05, 4.69) is 55.4 Å². The van der Waals surface area contributed by atoms with Crippen molar-refractivity contribution in [1.29, 1.82) is 0 Å². The van der Waals surface area contributed by atoms with Crippen molar-refractivity contribution in [3.8, 4) is 0 Å². The van der Waals surface area contributed by atoms with Gasteiger partial charge in [-0.05, 0) is 49.4 Å². The zero-order chi connectivity index (χ0) is 73.8. The molecule has 0 aliphatic carbocycles. The molecule has 19 heteroatoms. The molecule has 0 aliphatic rings. The van der Waals surface area contributed by atoms with Crippen LogP contribution in [0.3, 0.4) is 0 Å². The maximum Gasteiger partial charge on any atom is 0.472 e. The second-order valence-electron chi connectivity index (χ2n) is 30.6. The number of phosphoric acid groups is 2. The summed E-state index contributed by atoms with van der Waals surface area (Å²) in [5.41, 5.74) is 0. The fraction of sp³-hybridized carbons (Fsp3) is 0.951. The first-order chi connectivity index (χ1) is 48.2. The Hall–Kier alpha value is -1.94. The van der Waals surface area contributed by atoms with E-state index in [-0.39, 0.29) is 25.7 Å². The van der Waals surface area contributed by atoms with Gasteiger partial charge in [-0.3, -0.25) is 37.3 Å². The Balaban J connectivity index is 5.20. The molecule has 100 heavy (non-hydrogen) atoms. The van der Waals surface area contributed by atoms with E-state index in [4.69, 9.17) is 37.0 Å². The van der Waals surface area contributed by atoms with E-state index in [9.17, 15) is 43.2 Å². The van der Waals surface area contributed by atoms with Gasteiger partial charge in [-0.2, -0.15) is 0 Å². The van der Waals surface area contributed by atoms with Gasteiger partial charge >= 0.3 is 39.5 Å². The molecule has 0 radical (unpaired) electrons. The lowest BCUT2D eigenvalue weighted by atomic mass is 9.99. The first-order valence-electron chi connectivity index (χ1n) is 41.8. The lowest BCUT2D eigenvalue weighted by molar-refractivity contribution is -0.161. The molecule has 0 aromatic rings. The van der Waals surface area contributed by atoms with Gasteiger partial charge in [-0.25, -0.2) is 9.13 Å². The van der Waals surface area contributed by atoms with Crippen molar-refractivity contribution < 1.29 is 80.2 Å².